The normalized spacial score (nSPS) is 11.0. The number of nitro groups is 1. The number of non-ortho nitro benzene ring substituents is 1. The van der Waals surface area contributed by atoms with E-state index >= 15 is 0 Å². The Labute approximate surface area is 149 Å². The molecule has 0 spiro atoms. The van der Waals surface area contributed by atoms with E-state index in [-0.39, 0.29) is 27.6 Å². The molecule has 2 aromatic rings. The highest BCUT2D eigenvalue weighted by Crippen LogP contribution is 2.25. The number of rotatable bonds is 5. The summed E-state index contributed by atoms with van der Waals surface area (Å²) in [6, 6.07) is 8.15. The van der Waals surface area contributed by atoms with Crippen LogP contribution in [0.3, 0.4) is 0 Å². The lowest BCUT2D eigenvalue weighted by Crippen LogP contribution is -2.15. The maximum Gasteiger partial charge on any atom is 0.271 e. The van der Waals surface area contributed by atoms with Gasteiger partial charge < -0.3 is 5.32 Å². The monoisotopic (exact) mass is 383 g/mol. The molecule has 0 atom stereocenters. The summed E-state index contributed by atoms with van der Waals surface area (Å²) in [5.74, 6) is -0.620. The lowest BCUT2D eigenvalue weighted by Gasteiger charge is -2.11. The highest BCUT2D eigenvalue weighted by Gasteiger charge is 2.16. The smallest absolute Gasteiger partial charge is 0.271 e. The van der Waals surface area contributed by atoms with Crippen molar-refractivity contribution >= 4 is 44.6 Å². The molecule has 25 heavy (non-hydrogen) atoms. The first kappa shape index (κ1) is 18.7. The second-order valence-electron chi connectivity index (χ2n) is 5.28. The number of aryl methyl sites for hydroxylation is 1. The molecule has 10 heteroatoms. The van der Waals surface area contributed by atoms with E-state index < -0.39 is 20.9 Å². The van der Waals surface area contributed by atoms with Crippen LogP contribution < -0.4 is 10.0 Å². The molecule has 2 rings (SSSR count). The minimum absolute atomic E-state index is 0.0289. The van der Waals surface area contributed by atoms with Crippen molar-refractivity contribution < 1.29 is 18.1 Å². The average molecular weight is 384 g/mol. The van der Waals surface area contributed by atoms with Crippen LogP contribution in [0.2, 0.25) is 5.02 Å². The standard InChI is InChI=1S/C15H14ClN3O5S/c1-9-3-5-11(19(21)22)8-14(9)17-15(20)12-7-10(4-6-13(12)16)18-25(2,23)24/h3-8,18H,1-2H3,(H,17,20). The van der Waals surface area contributed by atoms with E-state index in [4.69, 9.17) is 11.6 Å². The Hall–Kier alpha value is -2.65. The number of nitrogens with one attached hydrogen (secondary N) is 2. The number of nitro benzene ring substituents is 1. The Bertz CT molecular complexity index is 960. The maximum atomic E-state index is 12.4. The summed E-state index contributed by atoms with van der Waals surface area (Å²) in [6.07, 6.45) is 0.980. The predicted octanol–water partition coefficient (Wildman–Crippen LogP) is 3.18. The summed E-state index contributed by atoms with van der Waals surface area (Å²) >= 11 is 6.00. The Morgan fingerprint density at radius 1 is 1.20 bits per heavy atom. The van der Waals surface area contributed by atoms with Gasteiger partial charge in [0.1, 0.15) is 0 Å². The van der Waals surface area contributed by atoms with Crippen molar-refractivity contribution in [2.75, 3.05) is 16.3 Å². The molecule has 0 radical (unpaired) electrons. The first-order chi connectivity index (χ1) is 11.6. The molecule has 0 aliphatic heterocycles. The molecule has 0 fully saturated rings. The van der Waals surface area contributed by atoms with Crippen LogP contribution in [0.1, 0.15) is 15.9 Å². The highest BCUT2D eigenvalue weighted by atomic mass is 35.5. The molecular weight excluding hydrogens is 370 g/mol. The Morgan fingerprint density at radius 3 is 2.48 bits per heavy atom. The molecule has 0 unspecified atom stereocenters. The zero-order chi connectivity index (χ0) is 18.8. The van der Waals surface area contributed by atoms with Crippen molar-refractivity contribution in [2.45, 2.75) is 6.92 Å². The lowest BCUT2D eigenvalue weighted by atomic mass is 10.1. The second-order valence-corrected chi connectivity index (χ2v) is 7.43. The SMILES string of the molecule is Cc1ccc([N+](=O)[O-])cc1NC(=O)c1cc(NS(C)(=O)=O)ccc1Cl. The number of hydrogen-bond donors (Lipinski definition) is 2. The van der Waals surface area contributed by atoms with Gasteiger partial charge in [-0.1, -0.05) is 17.7 Å². The number of anilines is 2. The van der Waals surface area contributed by atoms with Gasteiger partial charge in [-0.25, -0.2) is 8.42 Å². The first-order valence-electron chi connectivity index (χ1n) is 6.90. The number of halogens is 1. The number of nitrogens with zero attached hydrogens (tertiary/aromatic N) is 1. The number of carbonyl (C=O) groups is 1. The molecule has 8 nitrogen and oxygen atoms in total. The van der Waals surface area contributed by atoms with Gasteiger partial charge in [0.2, 0.25) is 10.0 Å². The molecular formula is C15H14ClN3O5S. The van der Waals surface area contributed by atoms with Crippen molar-refractivity contribution in [3.8, 4) is 0 Å². The van der Waals surface area contributed by atoms with Crippen molar-refractivity contribution in [2.24, 2.45) is 0 Å². The number of sulfonamides is 1. The molecule has 0 bridgehead atoms. The van der Waals surface area contributed by atoms with Crippen LogP contribution in [0.15, 0.2) is 36.4 Å². The third kappa shape index (κ3) is 4.91. The number of amides is 1. The first-order valence-corrected chi connectivity index (χ1v) is 9.17. The summed E-state index contributed by atoms with van der Waals surface area (Å²) in [5, 5.41) is 13.5. The fourth-order valence-corrected chi connectivity index (χ4v) is 2.78. The Kier molecular flexibility index (Phi) is 5.29. The van der Waals surface area contributed by atoms with Gasteiger partial charge >= 0.3 is 0 Å². The summed E-state index contributed by atoms with van der Waals surface area (Å²) < 4.78 is 24.8. The third-order valence-corrected chi connectivity index (χ3v) is 4.13. The van der Waals surface area contributed by atoms with E-state index in [0.29, 0.717) is 5.56 Å². The van der Waals surface area contributed by atoms with Gasteiger partial charge in [-0.15, -0.1) is 0 Å². The van der Waals surface area contributed by atoms with Gasteiger partial charge in [0.15, 0.2) is 0 Å². The van der Waals surface area contributed by atoms with Crippen LogP contribution in [-0.2, 0) is 10.0 Å². The van der Waals surface area contributed by atoms with E-state index in [1.807, 2.05) is 0 Å². The Morgan fingerprint density at radius 2 is 1.88 bits per heavy atom. The fraction of sp³-hybridized carbons (Fsp3) is 0.133. The topological polar surface area (TPSA) is 118 Å². The zero-order valence-corrected chi connectivity index (χ0v) is 14.8. The predicted molar refractivity (Wildman–Crippen MR) is 95.7 cm³/mol. The molecule has 2 N–H and O–H groups in total. The molecule has 132 valence electrons. The molecule has 0 heterocycles. The quantitative estimate of drug-likeness (QED) is 0.607. The molecule has 0 saturated carbocycles. The van der Waals surface area contributed by atoms with Gasteiger partial charge in [-0.2, -0.15) is 0 Å². The number of benzene rings is 2. The molecule has 2 aromatic carbocycles. The van der Waals surface area contributed by atoms with Crippen molar-refractivity contribution in [3.63, 3.8) is 0 Å². The minimum Gasteiger partial charge on any atom is -0.321 e. The molecule has 0 aliphatic carbocycles. The van der Waals surface area contributed by atoms with E-state index in [2.05, 4.69) is 10.0 Å². The average Bonchev–Trinajstić information content (AvgIpc) is 2.49. The van der Waals surface area contributed by atoms with Gasteiger partial charge in [0.25, 0.3) is 11.6 Å². The number of carbonyl (C=O) groups excluding carboxylic acids is 1. The largest absolute Gasteiger partial charge is 0.321 e. The molecule has 0 saturated heterocycles. The molecule has 0 aromatic heterocycles. The summed E-state index contributed by atoms with van der Waals surface area (Å²) in [4.78, 5) is 22.7. The van der Waals surface area contributed by atoms with Crippen LogP contribution in [0.25, 0.3) is 0 Å². The van der Waals surface area contributed by atoms with Gasteiger partial charge in [0.05, 0.1) is 27.5 Å². The van der Waals surface area contributed by atoms with Gasteiger partial charge in [-0.3, -0.25) is 19.6 Å². The van der Waals surface area contributed by atoms with Crippen LogP contribution in [0.4, 0.5) is 17.1 Å². The minimum atomic E-state index is -3.51. The Balaban J connectivity index is 2.34. The van der Waals surface area contributed by atoms with Crippen molar-refractivity contribution in [3.05, 3.63) is 62.7 Å². The van der Waals surface area contributed by atoms with Gasteiger partial charge in [0, 0.05) is 17.8 Å². The van der Waals surface area contributed by atoms with Crippen LogP contribution in [-0.4, -0.2) is 25.5 Å². The summed E-state index contributed by atoms with van der Waals surface area (Å²) in [6.45, 7) is 1.68. The van der Waals surface area contributed by atoms with Gasteiger partial charge in [-0.05, 0) is 30.7 Å². The van der Waals surface area contributed by atoms with Crippen LogP contribution in [0.5, 0.6) is 0 Å². The van der Waals surface area contributed by atoms with E-state index in [9.17, 15) is 23.3 Å². The maximum absolute atomic E-state index is 12.4. The summed E-state index contributed by atoms with van der Waals surface area (Å²) in [7, 11) is -3.51. The zero-order valence-electron chi connectivity index (χ0n) is 13.2. The summed E-state index contributed by atoms with van der Waals surface area (Å²) in [5.41, 5.74) is 0.922. The van der Waals surface area contributed by atoms with Crippen molar-refractivity contribution in [1.29, 1.82) is 0 Å². The molecule has 0 aliphatic rings. The third-order valence-electron chi connectivity index (χ3n) is 3.19. The fourth-order valence-electron chi connectivity index (χ4n) is 2.02. The van der Waals surface area contributed by atoms with Crippen LogP contribution in [0, 0.1) is 17.0 Å². The second kappa shape index (κ2) is 7.08. The number of hydrogen-bond acceptors (Lipinski definition) is 5. The highest BCUT2D eigenvalue weighted by molar-refractivity contribution is 7.92. The molecule has 1 amide bonds. The van der Waals surface area contributed by atoms with E-state index in [1.54, 1.807) is 6.92 Å². The van der Waals surface area contributed by atoms with Crippen molar-refractivity contribution in [1.82, 2.24) is 0 Å². The lowest BCUT2D eigenvalue weighted by molar-refractivity contribution is -0.384. The van der Waals surface area contributed by atoms with Crippen LogP contribution >= 0.6 is 11.6 Å². The van der Waals surface area contributed by atoms with E-state index in [1.165, 1.54) is 36.4 Å². The van der Waals surface area contributed by atoms with E-state index in [0.717, 1.165) is 6.26 Å².